The minimum atomic E-state index is -0.500. The molecule has 9 heteroatoms. The number of pyridine rings is 1. The van der Waals surface area contributed by atoms with Crippen molar-refractivity contribution in [3.8, 4) is 40.1 Å². The number of amides is 1. The van der Waals surface area contributed by atoms with Crippen LogP contribution >= 0.6 is 11.6 Å². The van der Waals surface area contributed by atoms with Crippen molar-refractivity contribution in [2.75, 3.05) is 50.1 Å². The number of piperazine rings is 1. The maximum absolute atomic E-state index is 14.7. The molecule has 0 spiro atoms. The summed E-state index contributed by atoms with van der Waals surface area (Å²) in [5.74, 6) is 0.196. The summed E-state index contributed by atoms with van der Waals surface area (Å²) in [6.45, 7) is 3.36. The second kappa shape index (κ2) is 10.6. The van der Waals surface area contributed by atoms with Gasteiger partial charge in [0.1, 0.15) is 17.4 Å². The first kappa shape index (κ1) is 24.3. The summed E-state index contributed by atoms with van der Waals surface area (Å²) in [7, 11) is 3.50. The lowest BCUT2D eigenvalue weighted by molar-refractivity contribution is -0.106. The van der Waals surface area contributed by atoms with Gasteiger partial charge in [0.2, 0.25) is 6.41 Å². The number of rotatable bonds is 5. The van der Waals surface area contributed by atoms with E-state index in [2.05, 4.69) is 27.3 Å². The van der Waals surface area contributed by atoms with Crippen molar-refractivity contribution in [1.29, 1.82) is 0 Å². The van der Waals surface area contributed by atoms with Crippen molar-refractivity contribution in [2.24, 2.45) is 0 Å². The lowest BCUT2D eigenvalue weighted by Gasteiger charge is -2.28. The first-order valence-electron chi connectivity index (χ1n) is 11.0. The number of nitrogens with zero attached hydrogens (tertiary/aromatic N) is 4. The van der Waals surface area contributed by atoms with Crippen LogP contribution in [0.4, 0.5) is 15.9 Å². The number of nitrogens with one attached hydrogen (secondary N) is 1. The highest BCUT2D eigenvalue weighted by Gasteiger charge is 2.18. The number of carbonyl (C=O) groups excluding carboxylic acids is 1. The fraction of sp³-hybridized carbons (Fsp3) is 0.231. The average molecular weight is 494 g/mol. The van der Waals surface area contributed by atoms with E-state index in [0.29, 0.717) is 28.8 Å². The third-order valence-corrected chi connectivity index (χ3v) is 5.89. The molecule has 2 heterocycles. The fourth-order valence-corrected chi connectivity index (χ4v) is 4.13. The van der Waals surface area contributed by atoms with Crippen LogP contribution in [0.5, 0.6) is 5.75 Å². The molecule has 1 fully saturated rings. The number of carbonyl (C=O) groups is 1. The van der Waals surface area contributed by atoms with Gasteiger partial charge in [0, 0.05) is 69.7 Å². The Morgan fingerprint density at radius 1 is 1.09 bits per heavy atom. The molecule has 0 bridgehead atoms. The maximum atomic E-state index is 14.7. The number of hydrogen-bond donors (Lipinski definition) is 2. The number of anilines is 2. The predicted molar refractivity (Wildman–Crippen MR) is 137 cm³/mol. The van der Waals surface area contributed by atoms with Crippen LogP contribution in [0, 0.1) is 17.9 Å². The smallest absolute Gasteiger partial charge is 0.226 e. The largest absolute Gasteiger partial charge is 0.507 e. The molecular formula is C26H25ClFN5O2. The molecule has 4 rings (SSSR count). The highest BCUT2D eigenvalue weighted by atomic mass is 35.5. The molecule has 0 radical (unpaired) electrons. The molecule has 1 aliphatic heterocycles. The summed E-state index contributed by atoms with van der Waals surface area (Å²) in [5.41, 5.74) is 2.17. The number of aromatic hydroxyl groups is 1. The van der Waals surface area contributed by atoms with Gasteiger partial charge >= 0.3 is 0 Å². The van der Waals surface area contributed by atoms with Gasteiger partial charge < -0.3 is 20.2 Å². The van der Waals surface area contributed by atoms with Crippen molar-refractivity contribution in [2.45, 2.75) is 0 Å². The van der Waals surface area contributed by atoms with E-state index in [1.807, 2.05) is 6.07 Å². The van der Waals surface area contributed by atoms with Gasteiger partial charge in [-0.1, -0.05) is 17.7 Å². The van der Waals surface area contributed by atoms with E-state index in [1.54, 1.807) is 49.5 Å². The second-order valence-electron chi connectivity index (χ2n) is 8.25. The van der Waals surface area contributed by atoms with Crippen molar-refractivity contribution in [3.05, 3.63) is 59.5 Å². The molecule has 1 aromatic heterocycles. The molecule has 0 aliphatic carbocycles. The van der Waals surface area contributed by atoms with Gasteiger partial charge in [0.05, 0.1) is 10.7 Å². The van der Waals surface area contributed by atoms with Crippen LogP contribution in [0.2, 0.25) is 5.02 Å². The Kier molecular flexibility index (Phi) is 7.39. The molecule has 1 aliphatic rings. The van der Waals surface area contributed by atoms with Gasteiger partial charge in [-0.2, -0.15) is 0 Å². The molecule has 180 valence electrons. The third-order valence-electron chi connectivity index (χ3n) is 5.59. The van der Waals surface area contributed by atoms with Crippen molar-refractivity contribution in [1.82, 2.24) is 15.2 Å². The zero-order valence-electron chi connectivity index (χ0n) is 19.4. The van der Waals surface area contributed by atoms with Gasteiger partial charge in [-0.3, -0.25) is 4.79 Å². The van der Waals surface area contributed by atoms with Crippen LogP contribution in [0.15, 0.2) is 48.7 Å². The molecule has 0 saturated carbocycles. The predicted octanol–water partition coefficient (Wildman–Crippen LogP) is 3.77. The van der Waals surface area contributed by atoms with E-state index in [4.69, 9.17) is 11.6 Å². The standard InChI is InChI=1S/C26H25ClFN5O2/c1-31(2)11-12-33(17-34)24-4-3-18(13-23(24)27)21-15-20(28)16-22(26(21)35)19-5-6-30-25(14-19)32-9-7-29-8-10-32/h3-6,13-17,29,35H,7-10H2,1-2H3. The Morgan fingerprint density at radius 2 is 1.77 bits per heavy atom. The summed E-state index contributed by atoms with van der Waals surface area (Å²) in [5, 5.41) is 14.7. The first-order chi connectivity index (χ1) is 16.9. The van der Waals surface area contributed by atoms with E-state index >= 15 is 0 Å². The van der Waals surface area contributed by atoms with Crippen LogP contribution in [-0.2, 0) is 4.79 Å². The molecule has 3 aromatic rings. The number of phenolic OH excluding ortho intramolecular Hbond substituents is 1. The van der Waals surface area contributed by atoms with Crippen LogP contribution in [-0.4, -0.2) is 61.7 Å². The summed E-state index contributed by atoms with van der Waals surface area (Å²) >= 11 is 6.45. The lowest BCUT2D eigenvalue weighted by atomic mass is 9.97. The van der Waals surface area contributed by atoms with E-state index in [0.717, 1.165) is 36.9 Å². The Balaban J connectivity index is 1.72. The molecule has 7 nitrogen and oxygen atoms in total. The minimum absolute atomic E-state index is 0.0766. The lowest BCUT2D eigenvalue weighted by Crippen LogP contribution is -2.43. The van der Waals surface area contributed by atoms with E-state index in [-0.39, 0.29) is 16.3 Å². The SMILES string of the molecule is CN(C)C#CN(C=O)c1ccc(-c2cc(F)cc(-c3ccnc(N4CCNCC4)c3)c2O)cc1Cl. The molecule has 0 unspecified atom stereocenters. The maximum Gasteiger partial charge on any atom is 0.226 e. The molecule has 1 amide bonds. The summed E-state index contributed by atoms with van der Waals surface area (Å²) in [6, 6.07) is 16.4. The van der Waals surface area contributed by atoms with Crippen LogP contribution in [0.3, 0.4) is 0 Å². The Morgan fingerprint density at radius 3 is 2.40 bits per heavy atom. The highest BCUT2D eigenvalue weighted by molar-refractivity contribution is 6.34. The molecular weight excluding hydrogens is 469 g/mol. The van der Waals surface area contributed by atoms with Gasteiger partial charge in [-0.05, 0) is 47.5 Å². The van der Waals surface area contributed by atoms with Gasteiger partial charge in [-0.15, -0.1) is 0 Å². The summed E-state index contributed by atoms with van der Waals surface area (Å²) < 4.78 is 14.7. The third kappa shape index (κ3) is 5.48. The first-order valence-corrected chi connectivity index (χ1v) is 11.4. The number of aromatic nitrogens is 1. The Hall–Kier alpha value is -3.80. The molecule has 2 N–H and O–H groups in total. The van der Waals surface area contributed by atoms with Gasteiger partial charge in [-0.25, -0.2) is 14.3 Å². The zero-order valence-corrected chi connectivity index (χ0v) is 20.2. The summed E-state index contributed by atoms with van der Waals surface area (Å²) in [6.07, 6.45) is 2.22. The Bertz CT molecular complexity index is 1300. The number of halogens is 2. The van der Waals surface area contributed by atoms with E-state index in [1.165, 1.54) is 12.1 Å². The van der Waals surface area contributed by atoms with Crippen LogP contribution < -0.4 is 15.1 Å². The number of benzene rings is 2. The number of hydrogen-bond acceptors (Lipinski definition) is 6. The number of phenols is 1. The quantitative estimate of drug-likeness (QED) is 0.320. The average Bonchev–Trinajstić information content (AvgIpc) is 2.86. The minimum Gasteiger partial charge on any atom is -0.507 e. The van der Waals surface area contributed by atoms with Crippen molar-refractivity contribution < 1.29 is 14.3 Å². The molecule has 0 atom stereocenters. The fourth-order valence-electron chi connectivity index (χ4n) is 3.86. The summed E-state index contributed by atoms with van der Waals surface area (Å²) in [4.78, 5) is 20.9. The van der Waals surface area contributed by atoms with E-state index in [9.17, 15) is 14.3 Å². The topological polar surface area (TPSA) is 71.9 Å². The molecule has 1 saturated heterocycles. The van der Waals surface area contributed by atoms with Crippen molar-refractivity contribution >= 4 is 29.5 Å². The van der Waals surface area contributed by atoms with Gasteiger partial charge in [0.15, 0.2) is 0 Å². The van der Waals surface area contributed by atoms with Crippen LogP contribution in [0.25, 0.3) is 22.3 Å². The Labute approximate surface area is 208 Å². The second-order valence-corrected chi connectivity index (χ2v) is 8.66. The molecule has 2 aromatic carbocycles. The van der Waals surface area contributed by atoms with Crippen LogP contribution in [0.1, 0.15) is 0 Å². The van der Waals surface area contributed by atoms with Gasteiger partial charge in [0.25, 0.3) is 0 Å². The monoisotopic (exact) mass is 493 g/mol. The van der Waals surface area contributed by atoms with E-state index < -0.39 is 5.82 Å². The zero-order chi connectivity index (χ0) is 24.9. The van der Waals surface area contributed by atoms with Crippen molar-refractivity contribution in [3.63, 3.8) is 0 Å². The highest BCUT2D eigenvalue weighted by Crippen LogP contribution is 2.41. The molecule has 35 heavy (non-hydrogen) atoms. The normalized spacial score (nSPS) is 13.1.